The minimum absolute atomic E-state index is 0.759. The average Bonchev–Trinajstić information content (AvgIpc) is 2.14. The Hall–Kier alpha value is -0.111. The van der Waals surface area contributed by atoms with E-state index in [-0.39, 0.29) is 0 Å². The number of aldehydes is 1. The first-order valence-corrected chi connectivity index (χ1v) is 3.83. The van der Waals surface area contributed by atoms with Crippen molar-refractivity contribution in [2.24, 2.45) is 0 Å². The number of thiophene rings is 1. The molecule has 3 heteroatoms. The van der Waals surface area contributed by atoms with E-state index in [2.05, 4.69) is 16.0 Å². The summed E-state index contributed by atoms with van der Waals surface area (Å²) in [5, 5.41) is 3.72. The van der Waals surface area contributed by atoms with Crippen molar-refractivity contribution in [3.63, 3.8) is 0 Å². The zero-order valence-corrected chi connectivity index (χ0v) is 6.49. The van der Waals surface area contributed by atoms with Crippen LogP contribution in [0, 0.1) is 0 Å². The Bertz CT molecular complexity index is 194. The van der Waals surface area contributed by atoms with Crippen molar-refractivity contribution in [2.45, 2.75) is 0 Å². The van der Waals surface area contributed by atoms with Crippen molar-refractivity contribution in [3.05, 3.63) is 16.3 Å². The van der Waals surface area contributed by atoms with E-state index in [4.69, 9.17) is 0 Å². The monoisotopic (exact) mass is 191 g/mol. The molecule has 0 fully saturated rings. The summed E-state index contributed by atoms with van der Waals surface area (Å²) in [5.74, 6) is 0. The Morgan fingerprint density at radius 3 is 2.62 bits per heavy atom. The third-order valence-electron chi connectivity index (χ3n) is 0.782. The van der Waals surface area contributed by atoms with Crippen LogP contribution in [0.5, 0.6) is 0 Å². The normalized spacial score (nSPS) is 9.00. The predicted molar refractivity (Wildman–Crippen MR) is 35.1 cm³/mol. The Balaban J connectivity index is 3.09. The van der Waals surface area contributed by atoms with Crippen LogP contribution in [0.3, 0.4) is 0 Å². The first kappa shape index (κ1) is 6.02. The van der Waals surface area contributed by atoms with E-state index in [0.29, 0.717) is 0 Å². The first-order valence-electron chi connectivity index (χ1n) is 2.03. The van der Waals surface area contributed by atoms with Gasteiger partial charge in [0.05, 0.1) is 0 Å². The van der Waals surface area contributed by atoms with Gasteiger partial charge in [-0.1, -0.05) is 0 Å². The molecule has 1 aromatic rings. The van der Waals surface area contributed by atoms with Crippen LogP contribution in [0.4, 0.5) is 0 Å². The molecule has 0 spiro atoms. The summed E-state index contributed by atoms with van der Waals surface area (Å²) in [7, 11) is 0. The summed E-state index contributed by atoms with van der Waals surface area (Å²) in [5.41, 5.74) is 0.759. The molecule has 8 heavy (non-hydrogen) atoms. The second-order valence-electron chi connectivity index (χ2n) is 1.31. The van der Waals surface area contributed by atoms with E-state index in [0.717, 1.165) is 16.3 Å². The minimum atomic E-state index is 0.759. The van der Waals surface area contributed by atoms with Gasteiger partial charge in [-0.05, 0) is 0 Å². The van der Waals surface area contributed by atoms with Crippen LogP contribution in [-0.4, -0.2) is 22.3 Å². The van der Waals surface area contributed by atoms with Crippen LogP contribution in [-0.2, 0) is 0 Å². The van der Waals surface area contributed by atoms with Crippen LogP contribution in [0.15, 0.2) is 10.8 Å². The number of carbonyl (C=O) groups is 1. The van der Waals surface area contributed by atoms with Crippen molar-refractivity contribution >= 4 is 38.1 Å². The zero-order valence-electron chi connectivity index (χ0n) is 3.96. The summed E-state index contributed by atoms with van der Waals surface area (Å²) in [6.07, 6.45) is 0.850. The van der Waals surface area contributed by atoms with Gasteiger partial charge in [0.1, 0.15) is 0 Å². The standard InChI is InChI=1S/C5H3OSSe/c6-1-4-2-7-3-5(4)8/h1-3H. The second-order valence-corrected chi connectivity index (χ2v) is 2.98. The van der Waals surface area contributed by atoms with Crippen LogP contribution in [0.1, 0.15) is 10.4 Å². The SMILES string of the molecule is O=Cc1cscc1[Se]. The van der Waals surface area contributed by atoms with Gasteiger partial charge < -0.3 is 0 Å². The van der Waals surface area contributed by atoms with Crippen LogP contribution in [0.2, 0.25) is 0 Å². The molecule has 0 N–H and O–H groups in total. The quantitative estimate of drug-likeness (QED) is 0.461. The van der Waals surface area contributed by atoms with Gasteiger partial charge in [0.2, 0.25) is 0 Å². The molecule has 41 valence electrons. The van der Waals surface area contributed by atoms with Crippen molar-refractivity contribution in [1.29, 1.82) is 0 Å². The van der Waals surface area contributed by atoms with Crippen molar-refractivity contribution < 1.29 is 4.79 Å². The average molecular weight is 190 g/mol. The fourth-order valence-corrected chi connectivity index (χ4v) is 1.78. The molecule has 0 aliphatic carbocycles. The van der Waals surface area contributed by atoms with Crippen molar-refractivity contribution in [3.8, 4) is 0 Å². The zero-order chi connectivity index (χ0) is 5.98. The Kier molecular flexibility index (Phi) is 1.84. The van der Waals surface area contributed by atoms with E-state index < -0.39 is 0 Å². The summed E-state index contributed by atoms with van der Waals surface area (Å²) in [4.78, 5) is 10.1. The topological polar surface area (TPSA) is 17.1 Å². The molecule has 0 amide bonds. The molecule has 1 heterocycles. The fraction of sp³-hybridized carbons (Fsp3) is 0. The molecule has 0 atom stereocenters. The maximum absolute atomic E-state index is 10.1. The van der Waals surface area contributed by atoms with Gasteiger partial charge in [0.25, 0.3) is 0 Å². The predicted octanol–water partition coefficient (Wildman–Crippen LogP) is 0.354. The number of hydrogen-bond donors (Lipinski definition) is 0. The van der Waals surface area contributed by atoms with E-state index in [9.17, 15) is 4.79 Å². The van der Waals surface area contributed by atoms with Gasteiger partial charge in [0.15, 0.2) is 0 Å². The van der Waals surface area contributed by atoms with E-state index >= 15 is 0 Å². The van der Waals surface area contributed by atoms with E-state index in [1.807, 2.05) is 10.8 Å². The third-order valence-corrected chi connectivity index (χ3v) is 2.62. The van der Waals surface area contributed by atoms with Gasteiger partial charge in [0, 0.05) is 0 Å². The molecule has 0 unspecified atom stereocenters. The Morgan fingerprint density at radius 1 is 1.62 bits per heavy atom. The maximum atomic E-state index is 10.1. The summed E-state index contributed by atoms with van der Waals surface area (Å²) < 4.78 is 0.949. The third kappa shape index (κ3) is 0.996. The van der Waals surface area contributed by atoms with Gasteiger partial charge in [-0.3, -0.25) is 0 Å². The van der Waals surface area contributed by atoms with Crippen LogP contribution in [0.25, 0.3) is 0 Å². The van der Waals surface area contributed by atoms with Crippen LogP contribution >= 0.6 is 11.3 Å². The van der Waals surface area contributed by atoms with Gasteiger partial charge in [-0.15, -0.1) is 0 Å². The number of hydrogen-bond acceptors (Lipinski definition) is 2. The molecule has 0 aliphatic heterocycles. The Morgan fingerprint density at radius 2 is 2.38 bits per heavy atom. The van der Waals surface area contributed by atoms with E-state index in [1.54, 1.807) is 0 Å². The first-order chi connectivity index (χ1) is 3.84. The molecular formula is C5H3OSSe. The summed E-state index contributed by atoms with van der Waals surface area (Å²) >= 11 is 4.31. The molecule has 0 saturated carbocycles. The molecule has 1 rings (SSSR count). The molecule has 0 aliphatic rings. The molecule has 0 saturated heterocycles. The molecule has 0 aromatic carbocycles. The van der Waals surface area contributed by atoms with Gasteiger partial charge in [-0.25, -0.2) is 0 Å². The van der Waals surface area contributed by atoms with Gasteiger partial charge in [-0.2, -0.15) is 0 Å². The fourth-order valence-electron chi connectivity index (χ4n) is 0.381. The number of carbonyl (C=O) groups excluding carboxylic acids is 1. The Labute approximate surface area is 59.5 Å². The molecule has 1 radical (unpaired) electrons. The van der Waals surface area contributed by atoms with Crippen molar-refractivity contribution in [1.82, 2.24) is 0 Å². The van der Waals surface area contributed by atoms with Crippen LogP contribution < -0.4 is 4.46 Å². The molecule has 1 aromatic heterocycles. The van der Waals surface area contributed by atoms with Gasteiger partial charge >= 0.3 is 59.2 Å². The summed E-state index contributed by atoms with van der Waals surface area (Å²) in [6, 6.07) is 0. The second kappa shape index (κ2) is 2.44. The molecular weight excluding hydrogens is 187 g/mol. The molecule has 1 nitrogen and oxygen atoms in total. The van der Waals surface area contributed by atoms with Crippen molar-refractivity contribution in [2.75, 3.05) is 0 Å². The number of rotatable bonds is 1. The summed E-state index contributed by atoms with van der Waals surface area (Å²) in [6.45, 7) is 0. The van der Waals surface area contributed by atoms with E-state index in [1.165, 1.54) is 11.3 Å². The molecule has 0 bridgehead atoms.